The Bertz CT molecular complexity index is 1090. The van der Waals surface area contributed by atoms with E-state index in [1.54, 1.807) is 41.7 Å². The van der Waals surface area contributed by atoms with Gasteiger partial charge in [-0.1, -0.05) is 0 Å². The zero-order valence-corrected chi connectivity index (χ0v) is 17.0. The summed E-state index contributed by atoms with van der Waals surface area (Å²) in [5.41, 5.74) is 6.66. The van der Waals surface area contributed by atoms with Crippen LogP contribution in [-0.4, -0.2) is 65.3 Å². The molecule has 0 radical (unpaired) electrons. The van der Waals surface area contributed by atoms with Crippen molar-refractivity contribution < 1.29 is 19.4 Å². The number of nitrogens with zero attached hydrogens (tertiary/aromatic N) is 4. The Morgan fingerprint density at radius 2 is 1.87 bits per heavy atom. The van der Waals surface area contributed by atoms with Gasteiger partial charge < -0.3 is 30.7 Å². The van der Waals surface area contributed by atoms with Crippen molar-refractivity contribution in [2.45, 2.75) is 0 Å². The highest BCUT2D eigenvalue weighted by Crippen LogP contribution is 2.33. The predicted octanol–water partition coefficient (Wildman–Crippen LogP) is 2.33. The number of nitrogens with two attached hydrogens (primary N) is 1. The number of carboxylic acids is 1. The molecule has 1 aliphatic heterocycles. The SMILES string of the molecule is COc1ccc(NC(=O)N2CCN(c3nc(N)nc4scc(C(=O)O)c34)CC2)cc1. The Morgan fingerprint density at radius 3 is 2.50 bits per heavy atom. The highest BCUT2D eigenvalue weighted by molar-refractivity contribution is 7.17. The third-order valence-electron chi connectivity index (χ3n) is 4.87. The van der Waals surface area contributed by atoms with Crippen LogP contribution < -0.4 is 20.7 Å². The Kier molecular flexibility index (Phi) is 5.27. The van der Waals surface area contributed by atoms with Gasteiger partial charge in [-0.15, -0.1) is 11.3 Å². The quantitative estimate of drug-likeness (QED) is 0.576. The number of amides is 2. The minimum absolute atomic E-state index is 0.0935. The smallest absolute Gasteiger partial charge is 0.337 e. The van der Waals surface area contributed by atoms with Gasteiger partial charge in [0, 0.05) is 37.2 Å². The normalized spacial score (nSPS) is 14.0. The zero-order chi connectivity index (χ0) is 21.3. The number of methoxy groups -OCH3 is 1. The molecule has 30 heavy (non-hydrogen) atoms. The summed E-state index contributed by atoms with van der Waals surface area (Å²) in [4.78, 5) is 36.8. The average Bonchev–Trinajstić information content (AvgIpc) is 3.18. The largest absolute Gasteiger partial charge is 0.497 e. The number of piperazine rings is 1. The summed E-state index contributed by atoms with van der Waals surface area (Å²) in [6, 6.07) is 6.90. The van der Waals surface area contributed by atoms with Gasteiger partial charge >= 0.3 is 12.0 Å². The fourth-order valence-corrected chi connectivity index (χ4v) is 4.24. The van der Waals surface area contributed by atoms with Gasteiger partial charge in [0.15, 0.2) is 0 Å². The van der Waals surface area contributed by atoms with Crippen molar-refractivity contribution in [3.63, 3.8) is 0 Å². The number of nitrogen functional groups attached to an aromatic ring is 1. The maximum absolute atomic E-state index is 12.6. The monoisotopic (exact) mass is 428 g/mol. The molecule has 2 aromatic heterocycles. The number of carbonyl (C=O) groups is 2. The number of fused-ring (bicyclic) bond motifs is 1. The number of carbonyl (C=O) groups excluding carboxylic acids is 1. The first-order valence-corrected chi connectivity index (χ1v) is 10.1. The molecule has 0 bridgehead atoms. The summed E-state index contributed by atoms with van der Waals surface area (Å²) < 4.78 is 5.12. The third kappa shape index (κ3) is 3.79. The fraction of sp³-hybridized carbons (Fsp3) is 0.263. The number of benzene rings is 1. The molecule has 1 aliphatic rings. The lowest BCUT2D eigenvalue weighted by atomic mass is 10.2. The van der Waals surface area contributed by atoms with Crippen molar-refractivity contribution in [2.24, 2.45) is 0 Å². The number of rotatable bonds is 4. The molecule has 4 N–H and O–H groups in total. The fourth-order valence-electron chi connectivity index (χ4n) is 3.32. The summed E-state index contributed by atoms with van der Waals surface area (Å²) in [6.07, 6.45) is 0. The Labute approximate surface area is 175 Å². The standard InChI is InChI=1S/C19H20N6O4S/c1-29-12-4-2-11(3-5-12)21-19(28)25-8-6-24(7-9-25)15-14-13(17(26)27)10-30-16(14)23-18(20)22-15/h2-5,10H,6-9H2,1H3,(H,21,28)(H,26,27)(H2,20,22,23). The summed E-state index contributed by atoms with van der Waals surface area (Å²) >= 11 is 1.22. The van der Waals surface area contributed by atoms with Crippen LogP contribution in [0.3, 0.4) is 0 Å². The molecule has 0 spiro atoms. The maximum atomic E-state index is 12.6. The molecule has 10 nitrogen and oxygen atoms in total. The summed E-state index contributed by atoms with van der Waals surface area (Å²) in [5.74, 6) is 0.266. The number of anilines is 3. The number of aromatic carboxylic acids is 1. The first-order chi connectivity index (χ1) is 14.5. The van der Waals surface area contributed by atoms with Gasteiger partial charge in [0.25, 0.3) is 0 Å². The van der Waals surface area contributed by atoms with Crippen LogP contribution in [-0.2, 0) is 0 Å². The van der Waals surface area contributed by atoms with Gasteiger partial charge in [0.2, 0.25) is 5.95 Å². The van der Waals surface area contributed by atoms with Gasteiger partial charge in [0.1, 0.15) is 16.4 Å². The van der Waals surface area contributed by atoms with Gasteiger partial charge in [-0.05, 0) is 24.3 Å². The Hall–Kier alpha value is -3.60. The zero-order valence-electron chi connectivity index (χ0n) is 16.2. The Morgan fingerprint density at radius 1 is 1.17 bits per heavy atom. The third-order valence-corrected chi connectivity index (χ3v) is 5.74. The van der Waals surface area contributed by atoms with Crippen molar-refractivity contribution in [3.05, 3.63) is 35.2 Å². The van der Waals surface area contributed by atoms with E-state index in [0.29, 0.717) is 53.7 Å². The lowest BCUT2D eigenvalue weighted by Crippen LogP contribution is -2.50. The van der Waals surface area contributed by atoms with Crippen LogP contribution in [0.5, 0.6) is 5.75 Å². The second-order valence-electron chi connectivity index (χ2n) is 6.67. The maximum Gasteiger partial charge on any atom is 0.337 e. The average molecular weight is 428 g/mol. The highest BCUT2D eigenvalue weighted by Gasteiger charge is 2.26. The second kappa shape index (κ2) is 8.03. The number of ether oxygens (including phenoxy) is 1. The molecule has 0 saturated carbocycles. The van der Waals surface area contributed by atoms with Crippen LogP contribution >= 0.6 is 11.3 Å². The van der Waals surface area contributed by atoms with E-state index in [-0.39, 0.29) is 17.5 Å². The lowest BCUT2D eigenvalue weighted by Gasteiger charge is -2.35. The number of thiophene rings is 1. The van der Waals surface area contributed by atoms with Crippen molar-refractivity contribution in [1.29, 1.82) is 0 Å². The molecule has 1 aromatic carbocycles. The molecule has 3 heterocycles. The lowest BCUT2D eigenvalue weighted by molar-refractivity contribution is 0.0699. The number of nitrogens with one attached hydrogen (secondary N) is 1. The van der Waals surface area contributed by atoms with Gasteiger partial charge in [-0.25, -0.2) is 14.6 Å². The minimum Gasteiger partial charge on any atom is -0.497 e. The van der Waals surface area contributed by atoms with Crippen LogP contribution in [0, 0.1) is 0 Å². The van der Waals surface area contributed by atoms with E-state index >= 15 is 0 Å². The van der Waals surface area contributed by atoms with E-state index in [4.69, 9.17) is 10.5 Å². The first kappa shape index (κ1) is 19.7. The summed E-state index contributed by atoms with van der Waals surface area (Å²) in [7, 11) is 1.58. The van der Waals surface area contributed by atoms with Crippen LogP contribution in [0.2, 0.25) is 0 Å². The van der Waals surface area contributed by atoms with E-state index in [1.165, 1.54) is 11.3 Å². The highest BCUT2D eigenvalue weighted by atomic mass is 32.1. The van der Waals surface area contributed by atoms with Gasteiger partial charge in [0.05, 0.1) is 18.1 Å². The Balaban J connectivity index is 1.47. The molecule has 3 aromatic rings. The molecule has 0 aliphatic carbocycles. The molecule has 156 valence electrons. The van der Waals surface area contributed by atoms with E-state index in [0.717, 1.165) is 0 Å². The van der Waals surface area contributed by atoms with E-state index < -0.39 is 5.97 Å². The van der Waals surface area contributed by atoms with Crippen LogP contribution in [0.15, 0.2) is 29.6 Å². The first-order valence-electron chi connectivity index (χ1n) is 9.19. The molecule has 0 unspecified atom stereocenters. The summed E-state index contributed by atoms with van der Waals surface area (Å²) in [6.45, 7) is 1.91. The molecular formula is C19H20N6O4S. The van der Waals surface area contributed by atoms with Crippen LogP contribution in [0.4, 0.5) is 22.2 Å². The van der Waals surface area contributed by atoms with Crippen LogP contribution in [0.1, 0.15) is 10.4 Å². The van der Waals surface area contributed by atoms with Crippen molar-refractivity contribution >= 4 is 51.0 Å². The van der Waals surface area contributed by atoms with Crippen molar-refractivity contribution in [2.75, 3.05) is 49.2 Å². The molecule has 2 amide bonds. The molecule has 4 rings (SSSR count). The molecule has 1 fully saturated rings. The van der Waals surface area contributed by atoms with Crippen molar-refractivity contribution in [1.82, 2.24) is 14.9 Å². The topological polar surface area (TPSA) is 134 Å². The number of aromatic nitrogens is 2. The second-order valence-corrected chi connectivity index (χ2v) is 7.53. The van der Waals surface area contributed by atoms with Crippen molar-refractivity contribution in [3.8, 4) is 5.75 Å². The number of hydrogen-bond donors (Lipinski definition) is 3. The van der Waals surface area contributed by atoms with Gasteiger partial charge in [-0.3, -0.25) is 0 Å². The molecule has 1 saturated heterocycles. The molecule has 0 atom stereocenters. The van der Waals surface area contributed by atoms with E-state index in [9.17, 15) is 14.7 Å². The van der Waals surface area contributed by atoms with E-state index in [2.05, 4.69) is 15.3 Å². The van der Waals surface area contributed by atoms with Crippen LogP contribution in [0.25, 0.3) is 10.2 Å². The van der Waals surface area contributed by atoms with E-state index in [1.807, 2.05) is 4.90 Å². The number of hydrogen-bond acceptors (Lipinski definition) is 8. The molecular weight excluding hydrogens is 408 g/mol. The van der Waals surface area contributed by atoms with Gasteiger partial charge in [-0.2, -0.15) is 4.98 Å². The number of urea groups is 1. The predicted molar refractivity (Wildman–Crippen MR) is 115 cm³/mol. The molecule has 11 heteroatoms. The minimum atomic E-state index is -1.03. The number of carboxylic acid groups (broad SMARTS) is 1. The summed E-state index contributed by atoms with van der Waals surface area (Å²) in [5, 5.41) is 14.4.